The topological polar surface area (TPSA) is 38.7 Å². The summed E-state index contributed by atoms with van der Waals surface area (Å²) < 4.78 is 4.29. The van der Waals surface area contributed by atoms with Gasteiger partial charge in [0, 0.05) is 5.56 Å². The Hall–Kier alpha value is -1.29. The van der Waals surface area contributed by atoms with E-state index in [-0.39, 0.29) is 0 Å². The van der Waals surface area contributed by atoms with E-state index >= 15 is 0 Å². The molecule has 2 rings (SSSR count). The van der Waals surface area contributed by atoms with Crippen LogP contribution in [-0.4, -0.2) is 14.6 Å². The summed E-state index contributed by atoms with van der Waals surface area (Å²) in [5.74, 6) is 0. The highest BCUT2D eigenvalue weighted by atomic mass is 32.1. The van der Waals surface area contributed by atoms with Crippen molar-refractivity contribution in [3.05, 3.63) is 29.7 Å². The molecule has 2 aromatic rings. The monoisotopic (exact) mass is 191 g/mol. The van der Waals surface area contributed by atoms with Crippen LogP contribution in [0.2, 0.25) is 0 Å². The summed E-state index contributed by atoms with van der Waals surface area (Å²) in [5, 5.41) is 7.58. The smallest absolute Gasteiger partial charge is 0.0598 e. The van der Waals surface area contributed by atoms with Crippen molar-refractivity contribution in [2.75, 3.05) is 0 Å². The number of hydrogen-bond acceptors (Lipinski definition) is 4. The van der Waals surface area contributed by atoms with Crippen LogP contribution in [-0.2, 0) is 0 Å². The molecule has 0 N–H and O–H groups in total. The van der Waals surface area contributed by atoms with E-state index in [1.165, 1.54) is 22.0 Å². The van der Waals surface area contributed by atoms with Crippen molar-refractivity contribution in [3.63, 3.8) is 0 Å². The minimum Gasteiger partial charge on any atom is -0.197 e. The number of rotatable bonds is 1. The number of nitrogens with zero attached hydrogens (tertiary/aromatic N) is 3. The lowest BCUT2D eigenvalue weighted by atomic mass is 10.1. The Morgan fingerprint density at radius 1 is 1.23 bits per heavy atom. The molecule has 0 aliphatic heterocycles. The Labute approximate surface area is 80.6 Å². The first-order chi connectivity index (χ1) is 6.29. The Bertz CT molecular complexity index is 408. The van der Waals surface area contributed by atoms with E-state index in [1.807, 2.05) is 13.0 Å². The Balaban J connectivity index is 2.53. The molecule has 2 heterocycles. The van der Waals surface area contributed by atoms with E-state index in [0.29, 0.717) is 0 Å². The largest absolute Gasteiger partial charge is 0.197 e. The lowest BCUT2D eigenvalue weighted by molar-refractivity contribution is 1.03. The second-order valence-electron chi connectivity index (χ2n) is 2.85. The van der Waals surface area contributed by atoms with E-state index < -0.39 is 0 Å². The zero-order chi connectivity index (χ0) is 9.26. The van der Waals surface area contributed by atoms with Gasteiger partial charge in [-0.3, -0.25) is 0 Å². The minimum atomic E-state index is 1.09. The molecular formula is C9H9N3S. The van der Waals surface area contributed by atoms with Gasteiger partial charge in [-0.15, -0.1) is 0 Å². The highest BCUT2D eigenvalue weighted by Gasteiger charge is 2.07. The fraction of sp³-hybridized carbons (Fsp3) is 0.222. The quantitative estimate of drug-likeness (QED) is 0.693. The van der Waals surface area contributed by atoms with Crippen LogP contribution in [0.25, 0.3) is 10.4 Å². The van der Waals surface area contributed by atoms with Crippen molar-refractivity contribution < 1.29 is 0 Å². The molecule has 2 aromatic heterocycles. The van der Waals surface area contributed by atoms with Gasteiger partial charge in [-0.2, -0.15) is 14.6 Å². The molecule has 0 fully saturated rings. The molecule has 0 aromatic carbocycles. The van der Waals surface area contributed by atoms with Crippen LogP contribution in [0.4, 0.5) is 0 Å². The van der Waals surface area contributed by atoms with Crippen LogP contribution in [0.3, 0.4) is 0 Å². The molecule has 0 amide bonds. The van der Waals surface area contributed by atoms with Crippen molar-refractivity contribution in [2.24, 2.45) is 0 Å². The summed E-state index contributed by atoms with van der Waals surface area (Å²) in [4.78, 5) is 1.19. The van der Waals surface area contributed by atoms with E-state index in [4.69, 9.17) is 0 Å². The van der Waals surface area contributed by atoms with Crippen LogP contribution in [0, 0.1) is 13.8 Å². The van der Waals surface area contributed by atoms with Gasteiger partial charge in [0.25, 0.3) is 0 Å². The van der Waals surface area contributed by atoms with Crippen LogP contribution < -0.4 is 0 Å². The molecule has 0 saturated heterocycles. The fourth-order valence-electron chi connectivity index (χ4n) is 1.11. The lowest BCUT2D eigenvalue weighted by Gasteiger charge is -1.95. The number of aryl methyl sites for hydroxylation is 1. The Morgan fingerprint density at radius 2 is 2.08 bits per heavy atom. The molecular weight excluding hydrogens is 182 g/mol. The third-order valence-electron chi connectivity index (χ3n) is 2.00. The molecule has 4 heteroatoms. The second-order valence-corrected chi connectivity index (χ2v) is 3.63. The van der Waals surface area contributed by atoms with Crippen molar-refractivity contribution in [1.29, 1.82) is 0 Å². The molecule has 0 aliphatic rings. The molecule has 66 valence electrons. The molecule has 0 unspecified atom stereocenters. The first-order valence-corrected chi connectivity index (χ1v) is 4.76. The highest BCUT2D eigenvalue weighted by molar-refractivity contribution is 7.09. The zero-order valence-electron chi connectivity index (χ0n) is 7.48. The van der Waals surface area contributed by atoms with Gasteiger partial charge in [0.1, 0.15) is 0 Å². The van der Waals surface area contributed by atoms with Gasteiger partial charge in [-0.05, 0) is 37.0 Å². The molecule has 0 saturated carbocycles. The van der Waals surface area contributed by atoms with Gasteiger partial charge in [-0.1, -0.05) is 0 Å². The molecule has 0 bridgehead atoms. The van der Waals surface area contributed by atoms with Crippen LogP contribution in [0.1, 0.15) is 11.3 Å². The number of hydrogen-bond donors (Lipinski definition) is 0. The lowest BCUT2D eigenvalue weighted by Crippen LogP contribution is -1.82. The van der Waals surface area contributed by atoms with Crippen molar-refractivity contribution >= 4 is 11.5 Å². The SMILES string of the molecule is Cc1nsc(-c2ccnnc2)c1C. The van der Waals surface area contributed by atoms with Crippen molar-refractivity contribution in [1.82, 2.24) is 14.6 Å². The van der Waals surface area contributed by atoms with E-state index in [1.54, 1.807) is 12.4 Å². The van der Waals surface area contributed by atoms with Gasteiger partial charge >= 0.3 is 0 Å². The third kappa shape index (κ3) is 1.45. The van der Waals surface area contributed by atoms with Gasteiger partial charge < -0.3 is 0 Å². The Morgan fingerprint density at radius 3 is 2.62 bits per heavy atom. The van der Waals surface area contributed by atoms with Gasteiger partial charge in [-0.25, -0.2) is 0 Å². The molecule has 13 heavy (non-hydrogen) atoms. The summed E-state index contributed by atoms with van der Waals surface area (Å²) in [7, 11) is 0. The van der Waals surface area contributed by atoms with Gasteiger partial charge in [0.05, 0.1) is 23.0 Å². The average Bonchev–Trinajstić information content (AvgIpc) is 2.49. The second kappa shape index (κ2) is 3.22. The van der Waals surface area contributed by atoms with E-state index in [2.05, 4.69) is 21.5 Å². The predicted octanol–water partition coefficient (Wildman–Crippen LogP) is 2.22. The van der Waals surface area contributed by atoms with Crippen molar-refractivity contribution in [3.8, 4) is 10.4 Å². The summed E-state index contributed by atoms with van der Waals surface area (Å²) >= 11 is 1.51. The number of aromatic nitrogens is 3. The predicted molar refractivity (Wildman–Crippen MR) is 52.6 cm³/mol. The highest BCUT2D eigenvalue weighted by Crippen LogP contribution is 2.28. The molecule has 0 atom stereocenters. The summed E-state index contributed by atoms with van der Waals surface area (Å²) in [6, 6.07) is 1.95. The first-order valence-electron chi connectivity index (χ1n) is 3.99. The average molecular weight is 191 g/mol. The standard InChI is InChI=1S/C9H9N3S/c1-6-7(2)12-13-9(6)8-3-4-10-11-5-8/h3-5H,1-2H3. The van der Waals surface area contributed by atoms with Gasteiger partial charge in [0.2, 0.25) is 0 Å². The zero-order valence-corrected chi connectivity index (χ0v) is 8.30. The summed E-state index contributed by atoms with van der Waals surface area (Å²) in [6.07, 6.45) is 3.46. The minimum absolute atomic E-state index is 1.09. The first kappa shape index (κ1) is 8.31. The van der Waals surface area contributed by atoms with Crippen LogP contribution in [0.15, 0.2) is 18.5 Å². The molecule has 0 radical (unpaired) electrons. The molecule has 0 aliphatic carbocycles. The maximum absolute atomic E-state index is 4.29. The van der Waals surface area contributed by atoms with Crippen molar-refractivity contribution in [2.45, 2.75) is 13.8 Å². The summed E-state index contributed by atoms with van der Waals surface area (Å²) in [6.45, 7) is 4.10. The van der Waals surface area contributed by atoms with Gasteiger partial charge in [0.15, 0.2) is 0 Å². The summed E-state index contributed by atoms with van der Waals surface area (Å²) in [5.41, 5.74) is 3.42. The molecule has 3 nitrogen and oxygen atoms in total. The normalized spacial score (nSPS) is 10.3. The molecule has 0 spiro atoms. The fourth-order valence-corrected chi connectivity index (χ4v) is 1.99. The third-order valence-corrected chi connectivity index (χ3v) is 3.09. The maximum atomic E-state index is 4.29. The Kier molecular flexibility index (Phi) is 2.06. The van der Waals surface area contributed by atoms with E-state index in [9.17, 15) is 0 Å². The van der Waals surface area contributed by atoms with E-state index in [0.717, 1.165) is 11.3 Å². The maximum Gasteiger partial charge on any atom is 0.0598 e. The van der Waals surface area contributed by atoms with Crippen LogP contribution in [0.5, 0.6) is 0 Å². The van der Waals surface area contributed by atoms with Crippen LogP contribution >= 0.6 is 11.5 Å².